The van der Waals surface area contributed by atoms with Gasteiger partial charge in [0.2, 0.25) is 23.0 Å². The van der Waals surface area contributed by atoms with Crippen LogP contribution in [0.15, 0.2) is 128 Å². The molecule has 69 heavy (non-hydrogen) atoms. The van der Waals surface area contributed by atoms with E-state index in [1.54, 1.807) is 101 Å². The quantitative estimate of drug-likeness (QED) is 0.0672. The first kappa shape index (κ1) is 48.9. The molecule has 0 aliphatic heterocycles. The molecule has 0 aliphatic rings. The Morgan fingerprint density at radius 2 is 0.522 bits per heavy atom. The van der Waals surface area contributed by atoms with Crippen LogP contribution in [0.1, 0.15) is 54.2 Å². The van der Waals surface area contributed by atoms with Crippen molar-refractivity contribution in [3.8, 4) is 69.0 Å². The number of rotatable bonds is 21. The van der Waals surface area contributed by atoms with E-state index in [0.29, 0.717) is 68.4 Å². The lowest BCUT2D eigenvalue weighted by Gasteiger charge is -2.38. The molecule has 0 aliphatic carbocycles. The van der Waals surface area contributed by atoms with E-state index in [9.17, 15) is 0 Å². The molecule has 360 valence electrons. The average Bonchev–Trinajstić information content (AvgIpc) is 3.40. The van der Waals surface area contributed by atoms with Gasteiger partial charge in [0.05, 0.1) is 64.0 Å². The summed E-state index contributed by atoms with van der Waals surface area (Å²) in [7, 11) is 14.0. The van der Waals surface area contributed by atoms with Crippen LogP contribution in [0, 0.1) is 0 Å². The van der Waals surface area contributed by atoms with Crippen LogP contribution >= 0.6 is 0 Å². The number of methoxy groups -OCH3 is 9. The van der Waals surface area contributed by atoms with E-state index in [1.807, 2.05) is 112 Å². The van der Waals surface area contributed by atoms with Gasteiger partial charge in [-0.15, -0.1) is 0 Å². The molecule has 3 heterocycles. The third-order valence-corrected chi connectivity index (χ3v) is 12.2. The molecule has 3 atom stereocenters. The third-order valence-electron chi connectivity index (χ3n) is 12.2. The molecule has 15 heteroatoms. The highest BCUT2D eigenvalue weighted by atomic mass is 16.6. The Morgan fingerprint density at radius 3 is 0.754 bits per heavy atom. The highest BCUT2D eigenvalue weighted by molar-refractivity contribution is 5.61. The lowest BCUT2D eigenvalue weighted by Crippen LogP contribution is -2.35. The van der Waals surface area contributed by atoms with Crippen molar-refractivity contribution < 1.29 is 56.8 Å². The molecule has 3 aromatic heterocycles. The van der Waals surface area contributed by atoms with Crippen molar-refractivity contribution in [3.05, 3.63) is 162 Å². The van der Waals surface area contributed by atoms with Crippen molar-refractivity contribution >= 4 is 0 Å². The van der Waals surface area contributed by atoms with Gasteiger partial charge in [0.25, 0.3) is 0 Å². The molecular formula is C54H57N3O12. The minimum atomic E-state index is -1.35. The first-order chi connectivity index (χ1) is 33.4. The average molecular weight is 940 g/mol. The van der Waals surface area contributed by atoms with Gasteiger partial charge in [-0.25, -0.2) is 0 Å². The number of aromatic nitrogens is 3. The highest BCUT2D eigenvalue weighted by Crippen LogP contribution is 2.53. The summed E-state index contributed by atoms with van der Waals surface area (Å²) in [4.78, 5) is 13.0. The zero-order valence-corrected chi connectivity index (χ0v) is 40.9. The standard InChI is InChI=1S/C54H57N3O12/c1-52(34-16-22-55-23-17-34,37-28-42(58-4)48(64-10)43(29-37)59-5)67-40-14-13-15-41(68-53(2,35-18-24-56-25-19-35)38-30-44(60-6)49(65-11)45(31-38)61-7)51(40)69-54(3,36-20-26-57-27-21-36)39-32-46(62-8)50(66-12)47(33-39)63-9/h13-33H,1-12H3. The zero-order chi connectivity index (χ0) is 49.3. The maximum absolute atomic E-state index is 7.60. The zero-order valence-electron chi connectivity index (χ0n) is 40.9. The lowest BCUT2D eigenvalue weighted by atomic mass is 9.87. The number of para-hydroxylation sites is 1. The minimum Gasteiger partial charge on any atom is -0.493 e. The van der Waals surface area contributed by atoms with Crippen molar-refractivity contribution in [2.24, 2.45) is 0 Å². The number of hydrogen-bond acceptors (Lipinski definition) is 15. The van der Waals surface area contributed by atoms with Gasteiger partial charge in [0.1, 0.15) is 0 Å². The SMILES string of the molecule is COc1cc(C(C)(Oc2cccc(OC(C)(c3ccncc3)c3cc(OC)c(OC)c(OC)c3)c2OC(C)(c2ccncc2)c2cc(OC)c(OC)c(OC)c2)c2ccncc2)cc(OC)c1OC. The number of nitrogens with zero attached hydrogens (tertiary/aromatic N) is 3. The molecule has 0 spiro atoms. The van der Waals surface area contributed by atoms with Gasteiger partial charge in [0.15, 0.2) is 62.8 Å². The molecule has 0 amide bonds. The van der Waals surface area contributed by atoms with Crippen molar-refractivity contribution in [2.75, 3.05) is 64.0 Å². The summed E-state index contributed by atoms with van der Waals surface area (Å²) >= 11 is 0. The third kappa shape index (κ3) is 9.32. The van der Waals surface area contributed by atoms with E-state index in [2.05, 4.69) is 15.0 Å². The second kappa shape index (κ2) is 20.8. The van der Waals surface area contributed by atoms with Gasteiger partial charge >= 0.3 is 0 Å². The van der Waals surface area contributed by atoms with Gasteiger partial charge < -0.3 is 56.8 Å². The Labute approximate surface area is 402 Å². The normalized spacial score (nSPS) is 13.6. The van der Waals surface area contributed by atoms with Gasteiger partial charge in [0, 0.05) is 70.6 Å². The fourth-order valence-electron chi connectivity index (χ4n) is 8.33. The molecule has 7 aromatic rings. The largest absolute Gasteiger partial charge is 0.493 e. The van der Waals surface area contributed by atoms with Gasteiger partial charge in [-0.1, -0.05) is 6.07 Å². The molecule has 0 bridgehead atoms. The Kier molecular flexibility index (Phi) is 14.8. The fourth-order valence-corrected chi connectivity index (χ4v) is 8.33. The summed E-state index contributed by atoms with van der Waals surface area (Å²) in [6.07, 6.45) is 10.2. The molecule has 0 saturated heterocycles. The van der Waals surface area contributed by atoms with Crippen LogP contribution < -0.4 is 56.8 Å². The van der Waals surface area contributed by atoms with E-state index in [4.69, 9.17) is 56.8 Å². The maximum Gasteiger partial charge on any atom is 0.205 e. The minimum absolute atomic E-state index is 0.214. The number of pyridine rings is 3. The van der Waals surface area contributed by atoms with Crippen molar-refractivity contribution in [1.29, 1.82) is 0 Å². The Morgan fingerprint density at radius 1 is 0.275 bits per heavy atom. The van der Waals surface area contributed by atoms with Crippen LogP contribution in [0.4, 0.5) is 0 Å². The fraction of sp³-hybridized carbons (Fsp3) is 0.278. The molecule has 0 radical (unpaired) electrons. The summed E-state index contributed by atoms with van der Waals surface area (Å²) in [5, 5.41) is 0. The smallest absolute Gasteiger partial charge is 0.205 e. The Balaban J connectivity index is 1.55. The van der Waals surface area contributed by atoms with Gasteiger partial charge in [-0.3, -0.25) is 15.0 Å². The van der Waals surface area contributed by atoms with Gasteiger partial charge in [-0.05, 0) is 106 Å². The Hall–Kier alpha value is -8.07. The molecule has 0 N–H and O–H groups in total. The summed E-state index contributed by atoms with van der Waals surface area (Å²) < 4.78 is 75.0. The summed E-state index contributed by atoms with van der Waals surface area (Å²) in [6.45, 7) is 5.82. The van der Waals surface area contributed by atoms with E-state index in [-0.39, 0.29) is 17.2 Å². The predicted octanol–water partition coefficient (Wildman–Crippen LogP) is 9.98. The first-order valence-corrected chi connectivity index (χ1v) is 21.7. The number of benzene rings is 4. The molecule has 0 fully saturated rings. The molecular weight excluding hydrogens is 883 g/mol. The summed E-state index contributed by atoms with van der Waals surface area (Å²) in [5.74, 6) is 4.56. The van der Waals surface area contributed by atoms with Crippen molar-refractivity contribution in [2.45, 2.75) is 37.6 Å². The van der Waals surface area contributed by atoms with E-state index in [0.717, 1.165) is 16.7 Å². The van der Waals surface area contributed by atoms with Crippen molar-refractivity contribution in [3.63, 3.8) is 0 Å². The summed E-state index contributed by atoms with van der Waals surface area (Å²) in [6, 6.07) is 27.9. The van der Waals surface area contributed by atoms with Crippen LogP contribution in [0.5, 0.6) is 69.0 Å². The Bertz CT molecular complexity index is 2640. The van der Waals surface area contributed by atoms with E-state index < -0.39 is 16.8 Å². The van der Waals surface area contributed by atoms with Crippen LogP contribution in [0.3, 0.4) is 0 Å². The first-order valence-electron chi connectivity index (χ1n) is 21.7. The lowest BCUT2D eigenvalue weighted by molar-refractivity contribution is 0.0773. The predicted molar refractivity (Wildman–Crippen MR) is 259 cm³/mol. The molecule has 7 rings (SSSR count). The molecule has 0 saturated carbocycles. The monoisotopic (exact) mass is 939 g/mol. The number of ether oxygens (including phenoxy) is 12. The molecule has 3 unspecified atom stereocenters. The number of hydrogen-bond donors (Lipinski definition) is 0. The van der Waals surface area contributed by atoms with Crippen LogP contribution in [-0.4, -0.2) is 78.9 Å². The highest BCUT2D eigenvalue weighted by Gasteiger charge is 2.41. The van der Waals surface area contributed by atoms with Crippen LogP contribution in [0.25, 0.3) is 0 Å². The molecule has 4 aromatic carbocycles. The second-order valence-corrected chi connectivity index (χ2v) is 15.9. The summed E-state index contributed by atoms with van der Waals surface area (Å²) in [5.41, 5.74) is 0.194. The maximum atomic E-state index is 7.60. The van der Waals surface area contributed by atoms with E-state index >= 15 is 0 Å². The van der Waals surface area contributed by atoms with Crippen LogP contribution in [-0.2, 0) is 16.8 Å². The molecule has 15 nitrogen and oxygen atoms in total. The van der Waals surface area contributed by atoms with Gasteiger partial charge in [-0.2, -0.15) is 0 Å². The topological polar surface area (TPSA) is 149 Å². The second-order valence-electron chi connectivity index (χ2n) is 15.9. The van der Waals surface area contributed by atoms with E-state index in [1.165, 1.54) is 0 Å². The van der Waals surface area contributed by atoms with Crippen LogP contribution in [0.2, 0.25) is 0 Å². The van der Waals surface area contributed by atoms with Crippen molar-refractivity contribution in [1.82, 2.24) is 15.0 Å².